The minimum Gasteiger partial charge on any atom is -0.508 e. The number of fused-ring (bicyclic) bond motifs is 1. The molecule has 1 N–H and O–H groups in total. The molecule has 1 heterocycles. The standard InChI is InChI=1S/C24H17NO2/c26-21-12-9-18(10-13-21)24(27)14-11-17-5-1-3-7-22(17)20-15-19-6-2-4-8-23(19)25-16-20/h1-16,26H/b14-11+. The molecule has 0 aliphatic carbocycles. The third kappa shape index (κ3) is 3.62. The summed E-state index contributed by atoms with van der Waals surface area (Å²) in [6.07, 6.45) is 5.23. The fourth-order valence-electron chi connectivity index (χ4n) is 3.01. The molecule has 27 heavy (non-hydrogen) atoms. The Bertz CT molecular complexity index is 1140. The molecule has 0 saturated heterocycles. The molecule has 4 rings (SSSR count). The van der Waals surface area contributed by atoms with Crippen LogP contribution in [-0.2, 0) is 0 Å². The number of nitrogens with zero attached hydrogens (tertiary/aromatic N) is 1. The molecule has 1 aromatic heterocycles. The van der Waals surface area contributed by atoms with E-state index in [1.54, 1.807) is 18.2 Å². The van der Waals surface area contributed by atoms with Crippen LogP contribution in [0.25, 0.3) is 28.1 Å². The average molecular weight is 351 g/mol. The van der Waals surface area contributed by atoms with Crippen LogP contribution in [-0.4, -0.2) is 15.9 Å². The summed E-state index contributed by atoms with van der Waals surface area (Å²) in [7, 11) is 0. The van der Waals surface area contributed by atoms with Crippen molar-refractivity contribution in [2.45, 2.75) is 0 Å². The molecule has 0 aliphatic rings. The lowest BCUT2D eigenvalue weighted by molar-refractivity contribution is 0.104. The maximum Gasteiger partial charge on any atom is 0.185 e. The summed E-state index contributed by atoms with van der Waals surface area (Å²) in [5, 5.41) is 10.4. The van der Waals surface area contributed by atoms with Crippen LogP contribution < -0.4 is 0 Å². The predicted molar refractivity (Wildman–Crippen MR) is 109 cm³/mol. The number of para-hydroxylation sites is 1. The summed E-state index contributed by atoms with van der Waals surface area (Å²) in [5.41, 5.74) is 4.46. The summed E-state index contributed by atoms with van der Waals surface area (Å²) in [6.45, 7) is 0. The van der Waals surface area contributed by atoms with E-state index in [0.29, 0.717) is 5.56 Å². The third-order valence-corrected chi connectivity index (χ3v) is 4.43. The predicted octanol–water partition coefficient (Wildman–Crippen LogP) is 5.50. The zero-order valence-corrected chi connectivity index (χ0v) is 14.5. The largest absolute Gasteiger partial charge is 0.508 e. The van der Waals surface area contributed by atoms with Crippen LogP contribution in [0.15, 0.2) is 91.1 Å². The lowest BCUT2D eigenvalue weighted by Crippen LogP contribution is -1.93. The van der Waals surface area contributed by atoms with Crippen molar-refractivity contribution in [2.24, 2.45) is 0 Å². The average Bonchev–Trinajstić information content (AvgIpc) is 2.72. The highest BCUT2D eigenvalue weighted by Crippen LogP contribution is 2.27. The van der Waals surface area contributed by atoms with Gasteiger partial charge < -0.3 is 5.11 Å². The van der Waals surface area contributed by atoms with E-state index in [2.05, 4.69) is 11.1 Å². The number of aromatic nitrogens is 1. The van der Waals surface area contributed by atoms with Crippen molar-refractivity contribution in [3.05, 3.63) is 102 Å². The monoisotopic (exact) mass is 351 g/mol. The maximum atomic E-state index is 12.4. The summed E-state index contributed by atoms with van der Waals surface area (Å²) in [5.74, 6) is 0.0334. The number of hydrogen-bond acceptors (Lipinski definition) is 3. The van der Waals surface area contributed by atoms with Crippen molar-refractivity contribution in [3.63, 3.8) is 0 Å². The van der Waals surface area contributed by atoms with Crippen LogP contribution in [0.5, 0.6) is 5.75 Å². The highest BCUT2D eigenvalue weighted by Gasteiger charge is 2.06. The van der Waals surface area contributed by atoms with Crippen molar-refractivity contribution in [3.8, 4) is 16.9 Å². The number of hydrogen-bond donors (Lipinski definition) is 1. The molecular weight excluding hydrogens is 334 g/mol. The second-order valence-corrected chi connectivity index (χ2v) is 6.25. The van der Waals surface area contributed by atoms with E-state index in [-0.39, 0.29) is 11.5 Å². The minimum atomic E-state index is -0.110. The van der Waals surface area contributed by atoms with Crippen LogP contribution in [0.2, 0.25) is 0 Å². The van der Waals surface area contributed by atoms with Crippen LogP contribution in [0, 0.1) is 0 Å². The van der Waals surface area contributed by atoms with E-state index in [1.165, 1.54) is 12.1 Å². The number of phenols is 1. The first-order chi connectivity index (χ1) is 13.2. The van der Waals surface area contributed by atoms with E-state index in [0.717, 1.165) is 27.6 Å². The maximum absolute atomic E-state index is 12.4. The zero-order chi connectivity index (χ0) is 18.6. The van der Waals surface area contributed by atoms with Gasteiger partial charge in [-0.15, -0.1) is 0 Å². The van der Waals surface area contributed by atoms with Gasteiger partial charge in [0.25, 0.3) is 0 Å². The lowest BCUT2D eigenvalue weighted by atomic mass is 9.99. The Labute approximate surface area is 157 Å². The van der Waals surface area contributed by atoms with Crippen LogP contribution in [0.3, 0.4) is 0 Å². The van der Waals surface area contributed by atoms with Gasteiger partial charge in [0.15, 0.2) is 5.78 Å². The zero-order valence-electron chi connectivity index (χ0n) is 14.5. The van der Waals surface area contributed by atoms with E-state index in [9.17, 15) is 9.90 Å². The van der Waals surface area contributed by atoms with Crippen molar-refractivity contribution in [1.82, 2.24) is 4.98 Å². The van der Waals surface area contributed by atoms with Gasteiger partial charge in [-0.1, -0.05) is 48.5 Å². The number of carbonyl (C=O) groups is 1. The number of benzene rings is 3. The number of carbonyl (C=O) groups excluding carboxylic acids is 1. The summed E-state index contributed by atoms with van der Waals surface area (Å²) in [4.78, 5) is 16.9. The third-order valence-electron chi connectivity index (χ3n) is 4.43. The highest BCUT2D eigenvalue weighted by molar-refractivity contribution is 6.07. The molecule has 0 spiro atoms. The van der Waals surface area contributed by atoms with Crippen LogP contribution in [0.1, 0.15) is 15.9 Å². The second-order valence-electron chi connectivity index (χ2n) is 6.25. The fraction of sp³-hybridized carbons (Fsp3) is 0. The number of pyridine rings is 1. The van der Waals surface area contributed by atoms with Crippen LogP contribution in [0.4, 0.5) is 0 Å². The van der Waals surface area contributed by atoms with Gasteiger partial charge in [0.1, 0.15) is 5.75 Å². The van der Waals surface area contributed by atoms with E-state index < -0.39 is 0 Å². The molecule has 130 valence electrons. The Balaban J connectivity index is 1.68. The Hall–Kier alpha value is -3.72. The number of aromatic hydroxyl groups is 1. The Morgan fingerprint density at radius 1 is 0.889 bits per heavy atom. The van der Waals surface area contributed by atoms with Crippen molar-refractivity contribution >= 4 is 22.8 Å². The lowest BCUT2D eigenvalue weighted by Gasteiger charge is -2.07. The summed E-state index contributed by atoms with van der Waals surface area (Å²) >= 11 is 0. The highest BCUT2D eigenvalue weighted by atomic mass is 16.3. The van der Waals surface area contributed by atoms with Crippen molar-refractivity contribution in [2.75, 3.05) is 0 Å². The number of allylic oxidation sites excluding steroid dienone is 1. The van der Waals surface area contributed by atoms with Gasteiger partial charge in [-0.25, -0.2) is 0 Å². The fourth-order valence-corrected chi connectivity index (χ4v) is 3.01. The molecule has 3 nitrogen and oxygen atoms in total. The summed E-state index contributed by atoms with van der Waals surface area (Å²) < 4.78 is 0. The molecule has 0 unspecified atom stereocenters. The Morgan fingerprint density at radius 2 is 1.63 bits per heavy atom. The molecule has 0 fully saturated rings. The molecule has 0 atom stereocenters. The Kier molecular flexibility index (Phi) is 4.50. The molecule has 0 radical (unpaired) electrons. The van der Waals surface area contributed by atoms with Gasteiger partial charge in [-0.05, 0) is 53.6 Å². The van der Waals surface area contributed by atoms with Crippen molar-refractivity contribution in [1.29, 1.82) is 0 Å². The quantitative estimate of drug-likeness (QED) is 0.390. The van der Waals surface area contributed by atoms with Gasteiger partial charge in [0.05, 0.1) is 5.52 Å². The second kappa shape index (κ2) is 7.26. The molecule has 0 aliphatic heterocycles. The molecule has 4 aromatic rings. The number of phenolic OH excluding ortho intramolecular Hbond substituents is 1. The van der Waals surface area contributed by atoms with Gasteiger partial charge in [0, 0.05) is 22.7 Å². The minimum absolute atomic E-state index is 0.110. The molecule has 0 saturated carbocycles. The van der Waals surface area contributed by atoms with Gasteiger partial charge >= 0.3 is 0 Å². The van der Waals surface area contributed by atoms with Gasteiger partial charge in [-0.3, -0.25) is 9.78 Å². The molecule has 0 amide bonds. The number of rotatable bonds is 4. The topological polar surface area (TPSA) is 50.2 Å². The first-order valence-corrected chi connectivity index (χ1v) is 8.66. The molecular formula is C24H17NO2. The normalized spacial score (nSPS) is 11.1. The smallest absolute Gasteiger partial charge is 0.185 e. The van der Waals surface area contributed by atoms with E-state index >= 15 is 0 Å². The molecule has 3 aromatic carbocycles. The molecule has 3 heteroatoms. The van der Waals surface area contributed by atoms with Gasteiger partial charge in [-0.2, -0.15) is 0 Å². The van der Waals surface area contributed by atoms with E-state index in [1.807, 2.05) is 60.8 Å². The number of ketones is 1. The Morgan fingerprint density at radius 3 is 2.48 bits per heavy atom. The van der Waals surface area contributed by atoms with Crippen molar-refractivity contribution < 1.29 is 9.90 Å². The first-order valence-electron chi connectivity index (χ1n) is 8.66. The van der Waals surface area contributed by atoms with Gasteiger partial charge in [0.2, 0.25) is 0 Å². The molecule has 0 bridgehead atoms. The first kappa shape index (κ1) is 16.7. The van der Waals surface area contributed by atoms with Crippen LogP contribution >= 0.6 is 0 Å². The van der Waals surface area contributed by atoms with E-state index in [4.69, 9.17) is 0 Å². The SMILES string of the molecule is O=C(/C=C/c1ccccc1-c1cnc2ccccc2c1)c1ccc(O)cc1. The summed E-state index contributed by atoms with van der Waals surface area (Å²) in [6, 6.07) is 24.3.